The van der Waals surface area contributed by atoms with Crippen molar-refractivity contribution in [2.75, 3.05) is 0 Å². The lowest BCUT2D eigenvalue weighted by atomic mass is 9.65. The van der Waals surface area contributed by atoms with E-state index in [1.165, 1.54) is 12.8 Å². The molecule has 0 aromatic heterocycles. The van der Waals surface area contributed by atoms with Crippen LogP contribution in [0.15, 0.2) is 17.3 Å². The first-order chi connectivity index (χ1) is 5.79. The Labute approximate surface area is 75.6 Å². The second-order valence-corrected chi connectivity index (χ2v) is 3.74. The molecule has 1 fully saturated rings. The highest BCUT2D eigenvalue weighted by atomic mass is 14.7. The van der Waals surface area contributed by atoms with Crippen LogP contribution in [-0.4, -0.2) is 6.21 Å². The molecule has 0 aliphatic heterocycles. The summed E-state index contributed by atoms with van der Waals surface area (Å²) >= 11 is 0. The molecule has 1 nitrogen and oxygen atoms in total. The van der Waals surface area contributed by atoms with E-state index in [1.54, 1.807) is 0 Å². The number of hydrogen-bond donors (Lipinski definition) is 0. The number of hydrogen-bond acceptors (Lipinski definition) is 1. The average Bonchev–Trinajstić information content (AvgIpc) is 2.08. The summed E-state index contributed by atoms with van der Waals surface area (Å²) in [7, 11) is 0. The zero-order valence-electron chi connectivity index (χ0n) is 8.33. The molecular formula is C11H19N. The van der Waals surface area contributed by atoms with Gasteiger partial charge in [0.2, 0.25) is 0 Å². The smallest absolute Gasteiger partial charge is 0.0221 e. The quantitative estimate of drug-likeness (QED) is 0.569. The van der Waals surface area contributed by atoms with Crippen LogP contribution in [-0.2, 0) is 0 Å². The lowest BCUT2D eigenvalue weighted by molar-refractivity contribution is 0.147. The molecule has 0 heterocycles. The van der Waals surface area contributed by atoms with Gasteiger partial charge in [-0.15, -0.1) is 0 Å². The molecule has 1 aliphatic carbocycles. The van der Waals surface area contributed by atoms with Gasteiger partial charge in [-0.3, -0.25) is 4.99 Å². The minimum Gasteiger partial charge on any atom is -0.269 e. The van der Waals surface area contributed by atoms with Crippen LogP contribution in [0.25, 0.3) is 0 Å². The van der Waals surface area contributed by atoms with Gasteiger partial charge in [-0.2, -0.15) is 0 Å². The summed E-state index contributed by atoms with van der Waals surface area (Å²) in [6.45, 7) is 6.59. The minimum atomic E-state index is 0.742. The molecule has 1 saturated carbocycles. The van der Waals surface area contributed by atoms with E-state index < -0.39 is 0 Å². The van der Waals surface area contributed by atoms with Crippen molar-refractivity contribution in [1.29, 1.82) is 0 Å². The van der Waals surface area contributed by atoms with E-state index in [2.05, 4.69) is 25.1 Å². The van der Waals surface area contributed by atoms with Crippen molar-refractivity contribution in [3.63, 3.8) is 0 Å². The van der Waals surface area contributed by atoms with Crippen LogP contribution in [0, 0.1) is 17.8 Å². The van der Waals surface area contributed by atoms with E-state index in [0.29, 0.717) is 0 Å². The summed E-state index contributed by atoms with van der Waals surface area (Å²) in [5, 5.41) is 0. The second kappa shape index (κ2) is 4.44. The molecule has 1 rings (SSSR count). The first kappa shape index (κ1) is 9.50. The summed E-state index contributed by atoms with van der Waals surface area (Å²) in [5.41, 5.74) is 0. The van der Waals surface area contributed by atoms with Gasteiger partial charge >= 0.3 is 0 Å². The Kier molecular flexibility index (Phi) is 3.51. The fraction of sp³-hybridized carbons (Fsp3) is 0.727. The zero-order valence-corrected chi connectivity index (χ0v) is 8.33. The van der Waals surface area contributed by atoms with E-state index in [0.717, 1.165) is 17.8 Å². The summed E-state index contributed by atoms with van der Waals surface area (Å²) < 4.78 is 0. The third-order valence-corrected chi connectivity index (χ3v) is 2.89. The van der Waals surface area contributed by atoms with E-state index >= 15 is 0 Å². The Morgan fingerprint density at radius 3 is 2.75 bits per heavy atom. The highest BCUT2D eigenvalue weighted by Gasteiger charge is 2.34. The van der Waals surface area contributed by atoms with Crippen LogP contribution in [0.1, 0.15) is 33.6 Å². The number of allylic oxidation sites excluding steroid dienone is 1. The largest absolute Gasteiger partial charge is 0.269 e. The number of aliphatic imine (C=N–C) groups is 1. The summed E-state index contributed by atoms with van der Waals surface area (Å²) in [5.74, 6) is 2.49. The van der Waals surface area contributed by atoms with E-state index in [9.17, 15) is 0 Å². The molecule has 0 N–H and O–H groups in total. The maximum absolute atomic E-state index is 4.25. The first-order valence-electron chi connectivity index (χ1n) is 4.94. The van der Waals surface area contributed by atoms with Crippen molar-refractivity contribution in [3.05, 3.63) is 12.3 Å². The molecule has 0 aromatic carbocycles. The topological polar surface area (TPSA) is 12.4 Å². The molecule has 3 unspecified atom stereocenters. The highest BCUT2D eigenvalue weighted by Crippen LogP contribution is 2.40. The Hall–Kier alpha value is -0.590. The lowest BCUT2D eigenvalue weighted by Gasteiger charge is -2.40. The molecule has 0 aromatic rings. The van der Waals surface area contributed by atoms with Crippen LogP contribution in [0.3, 0.4) is 0 Å². The monoisotopic (exact) mass is 165 g/mol. The zero-order chi connectivity index (χ0) is 8.97. The Balaban J connectivity index is 2.39. The van der Waals surface area contributed by atoms with Crippen molar-refractivity contribution in [3.8, 4) is 0 Å². The molecule has 3 atom stereocenters. The van der Waals surface area contributed by atoms with Crippen molar-refractivity contribution in [2.24, 2.45) is 22.7 Å². The molecule has 0 radical (unpaired) electrons. The fourth-order valence-corrected chi connectivity index (χ4v) is 2.00. The first-order valence-corrected chi connectivity index (χ1v) is 4.94. The Bertz CT molecular complexity index is 181. The van der Waals surface area contributed by atoms with Crippen molar-refractivity contribution < 1.29 is 0 Å². The van der Waals surface area contributed by atoms with E-state index in [4.69, 9.17) is 0 Å². The van der Waals surface area contributed by atoms with Gasteiger partial charge in [0.25, 0.3) is 0 Å². The predicted octanol–water partition coefficient (Wildman–Crippen LogP) is 3.27. The molecule has 0 spiro atoms. The third kappa shape index (κ3) is 1.96. The molecule has 1 heteroatoms. The Morgan fingerprint density at radius 1 is 1.50 bits per heavy atom. The van der Waals surface area contributed by atoms with Crippen molar-refractivity contribution in [2.45, 2.75) is 33.6 Å². The van der Waals surface area contributed by atoms with Gasteiger partial charge in [0.05, 0.1) is 0 Å². The normalized spacial score (nSPS) is 36.1. The van der Waals surface area contributed by atoms with Crippen LogP contribution in [0.2, 0.25) is 0 Å². The average molecular weight is 165 g/mol. The highest BCUT2D eigenvalue weighted by molar-refractivity contribution is 5.63. The number of rotatable bonds is 3. The maximum atomic E-state index is 4.25. The standard InChI is InChI=1S/C11H19N/c1-4-6-12-8-11-9(3)7-10(11)5-2/h4,6,8-11H,5,7H2,1-3H3/b6-4-,12-8-. The van der Waals surface area contributed by atoms with Crippen molar-refractivity contribution >= 4 is 6.21 Å². The van der Waals surface area contributed by atoms with Gasteiger partial charge in [0.15, 0.2) is 0 Å². The second-order valence-electron chi connectivity index (χ2n) is 3.74. The van der Waals surface area contributed by atoms with Crippen LogP contribution in [0.4, 0.5) is 0 Å². The minimum absolute atomic E-state index is 0.742. The third-order valence-electron chi connectivity index (χ3n) is 2.89. The van der Waals surface area contributed by atoms with Gasteiger partial charge in [-0.1, -0.05) is 26.3 Å². The van der Waals surface area contributed by atoms with Crippen molar-refractivity contribution in [1.82, 2.24) is 0 Å². The molecule has 0 saturated heterocycles. The predicted molar refractivity (Wildman–Crippen MR) is 54.4 cm³/mol. The fourth-order valence-electron chi connectivity index (χ4n) is 2.00. The van der Waals surface area contributed by atoms with Gasteiger partial charge in [-0.25, -0.2) is 0 Å². The SMILES string of the molecule is C/C=C\N=C/C1C(C)CC1CC. The maximum Gasteiger partial charge on any atom is 0.0221 e. The van der Waals surface area contributed by atoms with Crippen LogP contribution < -0.4 is 0 Å². The van der Waals surface area contributed by atoms with Gasteiger partial charge in [0, 0.05) is 12.4 Å². The van der Waals surface area contributed by atoms with Crippen LogP contribution in [0.5, 0.6) is 0 Å². The summed E-state index contributed by atoms with van der Waals surface area (Å²) in [6.07, 6.45) is 8.67. The van der Waals surface area contributed by atoms with E-state index in [-0.39, 0.29) is 0 Å². The molecule has 68 valence electrons. The molecule has 1 aliphatic rings. The van der Waals surface area contributed by atoms with Gasteiger partial charge in [-0.05, 0) is 31.1 Å². The molecule has 12 heavy (non-hydrogen) atoms. The molecular weight excluding hydrogens is 146 g/mol. The molecule has 0 bridgehead atoms. The Morgan fingerprint density at radius 2 is 2.25 bits per heavy atom. The van der Waals surface area contributed by atoms with Gasteiger partial charge in [0.1, 0.15) is 0 Å². The molecule has 0 amide bonds. The summed E-state index contributed by atoms with van der Waals surface area (Å²) in [6, 6.07) is 0. The summed E-state index contributed by atoms with van der Waals surface area (Å²) in [4.78, 5) is 4.25. The van der Waals surface area contributed by atoms with Crippen LogP contribution >= 0.6 is 0 Å². The van der Waals surface area contributed by atoms with Gasteiger partial charge < -0.3 is 0 Å². The lowest BCUT2D eigenvalue weighted by Crippen LogP contribution is -2.35. The number of nitrogens with zero attached hydrogens (tertiary/aromatic N) is 1. The van der Waals surface area contributed by atoms with E-state index in [1.807, 2.05) is 19.2 Å².